The van der Waals surface area contributed by atoms with Crippen molar-refractivity contribution >= 4 is 11.6 Å². The molecule has 2 rings (SSSR count). The number of benzene rings is 1. The zero-order chi connectivity index (χ0) is 14.5. The first kappa shape index (κ1) is 13.2. The Bertz CT molecular complexity index is 758. The molecule has 2 aromatic rings. The largest absolute Gasteiger partial charge is 0.321 e. The third-order valence-electron chi connectivity index (χ3n) is 2.47. The highest BCUT2D eigenvalue weighted by Gasteiger charge is 2.10. The Hall–Kier alpha value is -3.25. The highest BCUT2D eigenvalue weighted by molar-refractivity contribution is 6.02. The van der Waals surface area contributed by atoms with Crippen molar-refractivity contribution in [3.8, 4) is 12.1 Å². The minimum atomic E-state index is -0.754. The second-order valence-electron chi connectivity index (χ2n) is 3.78. The van der Waals surface area contributed by atoms with Gasteiger partial charge in [-0.1, -0.05) is 6.07 Å². The third kappa shape index (κ3) is 2.77. The normalized spacial score (nSPS) is 9.35. The van der Waals surface area contributed by atoms with Crippen LogP contribution in [0.15, 0.2) is 36.4 Å². The number of aromatic nitrogens is 1. The first-order chi connectivity index (χ1) is 9.63. The number of pyridine rings is 1. The Balaban J connectivity index is 2.25. The highest BCUT2D eigenvalue weighted by Crippen LogP contribution is 2.15. The van der Waals surface area contributed by atoms with Gasteiger partial charge in [0.2, 0.25) is 5.95 Å². The van der Waals surface area contributed by atoms with Gasteiger partial charge in [-0.3, -0.25) is 4.79 Å². The predicted molar refractivity (Wildman–Crippen MR) is 68.0 cm³/mol. The van der Waals surface area contributed by atoms with Gasteiger partial charge in [0.1, 0.15) is 17.8 Å². The number of halogens is 1. The van der Waals surface area contributed by atoms with E-state index in [4.69, 9.17) is 10.5 Å². The van der Waals surface area contributed by atoms with Crippen molar-refractivity contribution in [3.63, 3.8) is 0 Å². The summed E-state index contributed by atoms with van der Waals surface area (Å²) in [6, 6.07) is 11.9. The maximum absolute atomic E-state index is 12.9. The van der Waals surface area contributed by atoms with Crippen molar-refractivity contribution in [3.05, 3.63) is 59.2 Å². The van der Waals surface area contributed by atoms with Crippen molar-refractivity contribution in [2.75, 3.05) is 5.32 Å². The van der Waals surface area contributed by atoms with Gasteiger partial charge in [0.05, 0.1) is 11.1 Å². The van der Waals surface area contributed by atoms with Crippen molar-refractivity contribution in [2.45, 2.75) is 0 Å². The summed E-state index contributed by atoms with van der Waals surface area (Å²) in [6.07, 6.45) is 0. The van der Waals surface area contributed by atoms with Gasteiger partial charge in [-0.25, -0.2) is 4.98 Å². The quantitative estimate of drug-likeness (QED) is 0.844. The Morgan fingerprint density at radius 3 is 2.55 bits per heavy atom. The van der Waals surface area contributed by atoms with Gasteiger partial charge in [0.25, 0.3) is 5.91 Å². The van der Waals surface area contributed by atoms with E-state index in [9.17, 15) is 9.18 Å². The van der Waals surface area contributed by atoms with E-state index < -0.39 is 11.9 Å². The first-order valence-electron chi connectivity index (χ1n) is 5.52. The van der Waals surface area contributed by atoms with Crippen LogP contribution in [0.5, 0.6) is 0 Å². The standard InChI is InChI=1S/C14H7FN4O/c15-13-3-1-2-12(19-13)14(20)18-11-5-4-9(7-16)10(6-11)8-17/h1-6H,(H,18,20). The Kier molecular flexibility index (Phi) is 3.69. The molecule has 1 N–H and O–H groups in total. The zero-order valence-corrected chi connectivity index (χ0v) is 10.1. The van der Waals surface area contributed by atoms with E-state index in [0.717, 1.165) is 6.07 Å². The van der Waals surface area contributed by atoms with Crippen LogP contribution in [0, 0.1) is 28.6 Å². The molecule has 1 aromatic heterocycles. The van der Waals surface area contributed by atoms with Crippen LogP contribution in [-0.4, -0.2) is 10.9 Å². The molecule has 0 saturated heterocycles. The highest BCUT2D eigenvalue weighted by atomic mass is 19.1. The van der Waals surface area contributed by atoms with Crippen molar-refractivity contribution < 1.29 is 9.18 Å². The molecule has 0 fully saturated rings. The molecule has 0 aliphatic heterocycles. The monoisotopic (exact) mass is 266 g/mol. The van der Waals surface area contributed by atoms with Gasteiger partial charge in [0, 0.05) is 5.69 Å². The summed E-state index contributed by atoms with van der Waals surface area (Å²) < 4.78 is 12.9. The van der Waals surface area contributed by atoms with E-state index in [0.29, 0.717) is 5.69 Å². The number of nitriles is 2. The topological polar surface area (TPSA) is 89.6 Å². The Morgan fingerprint density at radius 2 is 1.90 bits per heavy atom. The van der Waals surface area contributed by atoms with E-state index >= 15 is 0 Å². The molecule has 0 saturated carbocycles. The molecule has 0 spiro atoms. The lowest BCUT2D eigenvalue weighted by molar-refractivity contribution is 0.102. The van der Waals surface area contributed by atoms with E-state index in [1.54, 1.807) is 0 Å². The number of hydrogen-bond donors (Lipinski definition) is 1. The second kappa shape index (κ2) is 5.59. The van der Waals surface area contributed by atoms with Gasteiger partial charge in [0.15, 0.2) is 0 Å². The second-order valence-corrected chi connectivity index (χ2v) is 3.78. The molecule has 1 aromatic carbocycles. The smallest absolute Gasteiger partial charge is 0.274 e. The SMILES string of the molecule is N#Cc1ccc(NC(=O)c2cccc(F)n2)cc1C#N. The molecule has 0 bridgehead atoms. The fourth-order valence-corrected chi connectivity index (χ4v) is 1.54. The molecule has 20 heavy (non-hydrogen) atoms. The molecule has 5 nitrogen and oxygen atoms in total. The summed E-state index contributed by atoms with van der Waals surface area (Å²) in [6.45, 7) is 0. The molecule has 1 amide bonds. The summed E-state index contributed by atoms with van der Waals surface area (Å²) >= 11 is 0. The van der Waals surface area contributed by atoms with Gasteiger partial charge in [-0.2, -0.15) is 14.9 Å². The molecule has 0 atom stereocenters. The maximum Gasteiger partial charge on any atom is 0.274 e. The number of anilines is 1. The Labute approximate surface area is 113 Å². The average molecular weight is 266 g/mol. The number of carbonyl (C=O) groups is 1. The van der Waals surface area contributed by atoms with Gasteiger partial charge < -0.3 is 5.32 Å². The molecule has 6 heteroatoms. The molecule has 0 aliphatic carbocycles. The lowest BCUT2D eigenvalue weighted by Crippen LogP contribution is -2.14. The van der Waals surface area contributed by atoms with E-state index in [2.05, 4.69) is 10.3 Å². The lowest BCUT2D eigenvalue weighted by atomic mass is 10.1. The lowest BCUT2D eigenvalue weighted by Gasteiger charge is -2.05. The van der Waals surface area contributed by atoms with Gasteiger partial charge >= 0.3 is 0 Å². The van der Waals surface area contributed by atoms with Crippen LogP contribution >= 0.6 is 0 Å². The summed E-state index contributed by atoms with van der Waals surface area (Å²) in [7, 11) is 0. The van der Waals surface area contributed by atoms with Crippen LogP contribution in [0.25, 0.3) is 0 Å². The van der Waals surface area contributed by atoms with Crippen molar-refractivity contribution in [1.82, 2.24) is 4.98 Å². The van der Waals surface area contributed by atoms with Crippen LogP contribution in [0.3, 0.4) is 0 Å². The third-order valence-corrected chi connectivity index (χ3v) is 2.47. The number of hydrogen-bond acceptors (Lipinski definition) is 4. The molecule has 1 heterocycles. The number of amides is 1. The van der Waals surface area contributed by atoms with Crippen LogP contribution in [0.4, 0.5) is 10.1 Å². The number of nitrogens with one attached hydrogen (secondary N) is 1. The maximum atomic E-state index is 12.9. The van der Waals surface area contributed by atoms with Gasteiger partial charge in [-0.05, 0) is 30.3 Å². The van der Waals surface area contributed by atoms with Crippen LogP contribution in [0.2, 0.25) is 0 Å². The van der Waals surface area contributed by atoms with E-state index in [1.165, 1.54) is 30.3 Å². The number of rotatable bonds is 2. The molecule has 0 radical (unpaired) electrons. The van der Waals surface area contributed by atoms with E-state index in [-0.39, 0.29) is 16.8 Å². The van der Waals surface area contributed by atoms with Crippen molar-refractivity contribution in [1.29, 1.82) is 10.5 Å². The summed E-state index contributed by atoms with van der Waals surface area (Å²) in [5.41, 5.74) is 0.622. The van der Waals surface area contributed by atoms with Crippen molar-refractivity contribution in [2.24, 2.45) is 0 Å². The molecular formula is C14H7FN4O. The average Bonchev–Trinajstić information content (AvgIpc) is 2.47. The predicted octanol–water partition coefficient (Wildman–Crippen LogP) is 2.22. The summed E-state index contributed by atoms with van der Waals surface area (Å²) in [5.74, 6) is -1.35. The number of nitrogens with zero attached hydrogens (tertiary/aromatic N) is 3. The summed E-state index contributed by atoms with van der Waals surface area (Å²) in [5, 5.41) is 20.2. The summed E-state index contributed by atoms with van der Waals surface area (Å²) in [4.78, 5) is 15.3. The molecular weight excluding hydrogens is 259 g/mol. The minimum Gasteiger partial charge on any atom is -0.321 e. The van der Waals surface area contributed by atoms with Crippen LogP contribution in [0.1, 0.15) is 21.6 Å². The van der Waals surface area contributed by atoms with Crippen LogP contribution < -0.4 is 5.32 Å². The molecule has 96 valence electrons. The minimum absolute atomic E-state index is 0.0760. The number of carbonyl (C=O) groups excluding carboxylic acids is 1. The van der Waals surface area contributed by atoms with Gasteiger partial charge in [-0.15, -0.1) is 0 Å². The molecule has 0 unspecified atom stereocenters. The van der Waals surface area contributed by atoms with E-state index in [1.807, 2.05) is 12.1 Å². The first-order valence-corrected chi connectivity index (χ1v) is 5.52. The Morgan fingerprint density at radius 1 is 1.15 bits per heavy atom. The molecule has 0 aliphatic rings. The fraction of sp³-hybridized carbons (Fsp3) is 0. The van der Waals surface area contributed by atoms with Crippen LogP contribution in [-0.2, 0) is 0 Å². The zero-order valence-electron chi connectivity index (χ0n) is 10.1. The fourth-order valence-electron chi connectivity index (χ4n) is 1.54.